The molecule has 1 aliphatic rings. The molecule has 0 aliphatic carbocycles. The summed E-state index contributed by atoms with van der Waals surface area (Å²) >= 11 is 0. The number of rotatable bonds is 3. The molecule has 0 spiro atoms. The minimum Gasteiger partial charge on any atom is -0.497 e. The van der Waals surface area contributed by atoms with E-state index in [-0.39, 0.29) is 5.56 Å². The molecule has 2 N–H and O–H groups in total. The van der Waals surface area contributed by atoms with Crippen LogP contribution >= 0.6 is 0 Å². The highest BCUT2D eigenvalue weighted by atomic mass is 16.5. The molecule has 1 aromatic carbocycles. The Bertz CT molecular complexity index is 1040. The summed E-state index contributed by atoms with van der Waals surface area (Å²) < 4.78 is 6.70. The first-order valence-corrected chi connectivity index (χ1v) is 8.40. The lowest BCUT2D eigenvalue weighted by molar-refractivity contribution is 0.415. The van der Waals surface area contributed by atoms with Crippen LogP contribution in [0.5, 0.6) is 5.75 Å². The number of ether oxygens (including phenoxy) is 1. The van der Waals surface area contributed by atoms with Crippen LogP contribution in [-0.4, -0.2) is 27.6 Å². The molecular weight excluding hydrogens is 344 g/mol. The van der Waals surface area contributed by atoms with Gasteiger partial charge in [-0.15, -0.1) is 0 Å². The SMILES string of the molecule is COc1ccc(NC2=N[C@H](c3cccnc3)n3c(nc(C)cc3=O)N2)cc1. The Hall–Kier alpha value is -3.68. The summed E-state index contributed by atoms with van der Waals surface area (Å²) in [6.07, 6.45) is 2.82. The van der Waals surface area contributed by atoms with E-state index in [1.807, 2.05) is 36.4 Å². The standard InChI is InChI=1S/C19H18N6O2/c1-12-10-16(26)25-17(13-4-3-9-20-11-13)23-18(24-19(25)21-12)22-14-5-7-15(27-2)8-6-14/h3-11,17H,1-2H3,(H2,21,22,23,24)/t17-/m0/s1. The fourth-order valence-corrected chi connectivity index (χ4v) is 2.88. The number of aryl methyl sites for hydroxylation is 1. The van der Waals surface area contributed by atoms with Crippen molar-refractivity contribution >= 4 is 17.6 Å². The number of methoxy groups -OCH3 is 1. The van der Waals surface area contributed by atoms with Gasteiger partial charge in [-0.2, -0.15) is 0 Å². The number of nitrogens with one attached hydrogen (secondary N) is 2. The maximum Gasteiger partial charge on any atom is 0.257 e. The average Bonchev–Trinajstić information content (AvgIpc) is 2.68. The van der Waals surface area contributed by atoms with E-state index in [0.717, 1.165) is 17.0 Å². The van der Waals surface area contributed by atoms with E-state index in [9.17, 15) is 4.79 Å². The molecule has 0 unspecified atom stereocenters. The highest BCUT2D eigenvalue weighted by Crippen LogP contribution is 2.25. The number of aliphatic imine (C=N–C) groups is 1. The number of aromatic nitrogens is 3. The third kappa shape index (κ3) is 3.37. The van der Waals surface area contributed by atoms with Crippen molar-refractivity contribution in [2.75, 3.05) is 17.7 Å². The van der Waals surface area contributed by atoms with Crippen molar-refractivity contribution in [3.63, 3.8) is 0 Å². The van der Waals surface area contributed by atoms with Gasteiger partial charge in [0, 0.05) is 35.4 Å². The number of benzene rings is 1. The molecule has 3 heterocycles. The first-order valence-electron chi connectivity index (χ1n) is 8.40. The number of pyridine rings is 1. The summed E-state index contributed by atoms with van der Waals surface area (Å²) in [6, 6.07) is 12.7. The van der Waals surface area contributed by atoms with Crippen LogP contribution in [0.1, 0.15) is 17.4 Å². The van der Waals surface area contributed by atoms with Gasteiger partial charge in [0.2, 0.25) is 11.9 Å². The Morgan fingerprint density at radius 1 is 1.22 bits per heavy atom. The Labute approximate surface area is 155 Å². The van der Waals surface area contributed by atoms with Crippen LogP contribution in [0.25, 0.3) is 0 Å². The Morgan fingerprint density at radius 2 is 2.04 bits per heavy atom. The molecule has 0 saturated heterocycles. The molecule has 0 fully saturated rings. The zero-order chi connectivity index (χ0) is 18.8. The Morgan fingerprint density at radius 3 is 2.74 bits per heavy atom. The van der Waals surface area contributed by atoms with Gasteiger partial charge in [-0.3, -0.25) is 19.7 Å². The second kappa shape index (κ2) is 6.91. The van der Waals surface area contributed by atoms with Gasteiger partial charge in [0.15, 0.2) is 6.17 Å². The normalized spacial score (nSPS) is 15.3. The van der Waals surface area contributed by atoms with Crippen LogP contribution in [0.2, 0.25) is 0 Å². The maximum absolute atomic E-state index is 12.6. The average molecular weight is 362 g/mol. The first kappa shape index (κ1) is 16.8. The smallest absolute Gasteiger partial charge is 0.257 e. The fraction of sp³-hybridized carbons (Fsp3) is 0.158. The molecule has 0 saturated carbocycles. The largest absolute Gasteiger partial charge is 0.497 e. The van der Waals surface area contributed by atoms with Crippen LogP contribution in [0.4, 0.5) is 11.6 Å². The monoisotopic (exact) mass is 362 g/mol. The fourth-order valence-electron chi connectivity index (χ4n) is 2.88. The Kier molecular flexibility index (Phi) is 4.29. The van der Waals surface area contributed by atoms with Gasteiger partial charge in [-0.25, -0.2) is 9.98 Å². The molecule has 1 atom stereocenters. The molecule has 27 heavy (non-hydrogen) atoms. The van der Waals surface area contributed by atoms with Gasteiger partial charge in [0.25, 0.3) is 5.56 Å². The van der Waals surface area contributed by atoms with Crippen LogP contribution in [0.15, 0.2) is 64.6 Å². The lowest BCUT2D eigenvalue weighted by atomic mass is 10.2. The number of fused-ring (bicyclic) bond motifs is 1. The molecule has 3 aromatic rings. The molecule has 1 aliphatic heterocycles. The highest BCUT2D eigenvalue weighted by molar-refractivity contribution is 6.03. The van der Waals surface area contributed by atoms with Crippen molar-refractivity contribution < 1.29 is 4.74 Å². The molecule has 0 amide bonds. The quantitative estimate of drug-likeness (QED) is 0.743. The van der Waals surface area contributed by atoms with E-state index in [1.165, 1.54) is 10.6 Å². The van der Waals surface area contributed by atoms with Crippen LogP contribution in [0, 0.1) is 6.92 Å². The second-order valence-corrected chi connectivity index (χ2v) is 6.05. The predicted molar refractivity (Wildman–Crippen MR) is 103 cm³/mol. The highest BCUT2D eigenvalue weighted by Gasteiger charge is 2.25. The van der Waals surface area contributed by atoms with E-state index in [1.54, 1.807) is 26.4 Å². The molecule has 2 aromatic heterocycles. The van der Waals surface area contributed by atoms with Gasteiger partial charge < -0.3 is 10.1 Å². The number of guanidine groups is 1. The molecule has 4 rings (SSSR count). The van der Waals surface area contributed by atoms with Crippen molar-refractivity contribution in [2.24, 2.45) is 4.99 Å². The summed E-state index contributed by atoms with van der Waals surface area (Å²) in [6.45, 7) is 1.78. The summed E-state index contributed by atoms with van der Waals surface area (Å²) in [5.74, 6) is 1.69. The minimum absolute atomic E-state index is 0.175. The van der Waals surface area contributed by atoms with E-state index >= 15 is 0 Å². The third-order valence-corrected chi connectivity index (χ3v) is 4.14. The zero-order valence-corrected chi connectivity index (χ0v) is 14.9. The summed E-state index contributed by atoms with van der Waals surface area (Å²) in [4.78, 5) is 25.8. The van der Waals surface area contributed by atoms with Crippen molar-refractivity contribution in [1.82, 2.24) is 14.5 Å². The Balaban J connectivity index is 1.74. The van der Waals surface area contributed by atoms with Gasteiger partial charge >= 0.3 is 0 Å². The minimum atomic E-state index is -0.559. The molecule has 0 bridgehead atoms. The summed E-state index contributed by atoms with van der Waals surface area (Å²) in [5, 5.41) is 6.31. The van der Waals surface area contributed by atoms with E-state index in [2.05, 4.69) is 25.6 Å². The van der Waals surface area contributed by atoms with Crippen molar-refractivity contribution in [2.45, 2.75) is 13.1 Å². The van der Waals surface area contributed by atoms with Gasteiger partial charge in [0.1, 0.15) is 5.75 Å². The maximum atomic E-state index is 12.6. The number of nitrogens with zero attached hydrogens (tertiary/aromatic N) is 4. The van der Waals surface area contributed by atoms with E-state index in [0.29, 0.717) is 17.6 Å². The molecule has 136 valence electrons. The molecular formula is C19H18N6O2. The van der Waals surface area contributed by atoms with E-state index < -0.39 is 6.17 Å². The van der Waals surface area contributed by atoms with Gasteiger partial charge in [0.05, 0.1) is 7.11 Å². The third-order valence-electron chi connectivity index (χ3n) is 4.14. The van der Waals surface area contributed by atoms with Gasteiger partial charge in [-0.05, 0) is 37.3 Å². The topological polar surface area (TPSA) is 93.4 Å². The zero-order valence-electron chi connectivity index (χ0n) is 14.9. The summed E-state index contributed by atoms with van der Waals surface area (Å²) in [5.41, 5.74) is 2.08. The van der Waals surface area contributed by atoms with Crippen LogP contribution < -0.4 is 20.9 Å². The van der Waals surface area contributed by atoms with Crippen molar-refractivity contribution in [3.8, 4) is 5.75 Å². The predicted octanol–water partition coefficient (Wildman–Crippen LogP) is 2.40. The van der Waals surface area contributed by atoms with Crippen LogP contribution in [0.3, 0.4) is 0 Å². The lowest BCUT2D eigenvalue weighted by Gasteiger charge is -2.26. The summed E-state index contributed by atoms with van der Waals surface area (Å²) in [7, 11) is 1.62. The molecule has 8 nitrogen and oxygen atoms in total. The van der Waals surface area contributed by atoms with E-state index in [4.69, 9.17) is 4.74 Å². The second-order valence-electron chi connectivity index (χ2n) is 6.05. The number of anilines is 2. The lowest BCUT2D eigenvalue weighted by Crippen LogP contribution is -2.37. The first-order chi connectivity index (χ1) is 13.1. The van der Waals surface area contributed by atoms with Gasteiger partial charge in [-0.1, -0.05) is 6.07 Å². The number of hydrogen-bond acceptors (Lipinski definition) is 7. The molecule has 0 radical (unpaired) electrons. The van der Waals surface area contributed by atoms with Crippen molar-refractivity contribution in [3.05, 3.63) is 76.5 Å². The van der Waals surface area contributed by atoms with Crippen LogP contribution in [-0.2, 0) is 0 Å². The number of hydrogen-bond donors (Lipinski definition) is 2. The van der Waals surface area contributed by atoms with Crippen molar-refractivity contribution in [1.29, 1.82) is 0 Å². The molecule has 8 heteroatoms.